The van der Waals surface area contributed by atoms with Crippen LogP contribution in [0.25, 0.3) is 0 Å². The third kappa shape index (κ3) is 1.70. The number of hydrogen-bond acceptors (Lipinski definition) is 3. The highest BCUT2D eigenvalue weighted by Crippen LogP contribution is 2.34. The molecule has 0 fully saturated rings. The lowest BCUT2D eigenvalue weighted by atomic mass is 9.98. The Morgan fingerprint density at radius 1 is 1.44 bits per heavy atom. The second kappa shape index (κ2) is 3.98. The van der Waals surface area contributed by atoms with Crippen molar-refractivity contribution in [1.29, 1.82) is 0 Å². The highest BCUT2D eigenvalue weighted by atomic mass is 16.5. The van der Waals surface area contributed by atoms with E-state index in [9.17, 15) is 4.79 Å². The van der Waals surface area contributed by atoms with Crippen molar-refractivity contribution in [2.75, 3.05) is 0 Å². The molecule has 0 aliphatic carbocycles. The van der Waals surface area contributed by atoms with Crippen LogP contribution in [-0.4, -0.2) is 15.3 Å². The number of rotatable bonds is 1. The standard InChI is InChI=1S/C14H14N2O2/c1-9-3-4-13-10(5-9)12(17)6-14(18-13)11-7-15-8-16(11)2/h3-5,7-8,14H,6H2,1-2H3. The van der Waals surface area contributed by atoms with Gasteiger partial charge in [0.2, 0.25) is 0 Å². The van der Waals surface area contributed by atoms with Gasteiger partial charge in [-0.3, -0.25) is 4.79 Å². The number of hydrogen-bond donors (Lipinski definition) is 0. The van der Waals surface area contributed by atoms with E-state index in [1.165, 1.54) is 0 Å². The van der Waals surface area contributed by atoms with Crippen molar-refractivity contribution in [3.05, 3.63) is 47.5 Å². The first-order valence-corrected chi connectivity index (χ1v) is 5.92. The summed E-state index contributed by atoms with van der Waals surface area (Å²) in [6.07, 6.45) is 3.60. The number of benzene rings is 1. The van der Waals surface area contributed by atoms with Crippen LogP contribution >= 0.6 is 0 Å². The minimum atomic E-state index is -0.236. The van der Waals surface area contributed by atoms with E-state index in [2.05, 4.69) is 4.98 Å². The van der Waals surface area contributed by atoms with E-state index in [1.807, 2.05) is 36.7 Å². The van der Waals surface area contributed by atoms with Gasteiger partial charge in [-0.1, -0.05) is 11.6 Å². The van der Waals surface area contributed by atoms with Gasteiger partial charge in [-0.2, -0.15) is 0 Å². The van der Waals surface area contributed by atoms with E-state index >= 15 is 0 Å². The normalized spacial score (nSPS) is 18.3. The Balaban J connectivity index is 2.00. The average molecular weight is 242 g/mol. The number of nitrogens with zero attached hydrogens (tertiary/aromatic N) is 2. The first-order chi connectivity index (χ1) is 8.65. The van der Waals surface area contributed by atoms with E-state index in [4.69, 9.17) is 4.74 Å². The van der Waals surface area contributed by atoms with Gasteiger partial charge in [-0.15, -0.1) is 0 Å². The van der Waals surface area contributed by atoms with Gasteiger partial charge in [0.05, 0.1) is 30.2 Å². The molecule has 2 aromatic rings. The summed E-state index contributed by atoms with van der Waals surface area (Å²) < 4.78 is 7.79. The summed E-state index contributed by atoms with van der Waals surface area (Å²) in [5.41, 5.74) is 2.69. The molecule has 0 N–H and O–H groups in total. The van der Waals surface area contributed by atoms with Crippen LogP contribution in [0.1, 0.15) is 34.1 Å². The highest BCUT2D eigenvalue weighted by Gasteiger charge is 2.29. The largest absolute Gasteiger partial charge is 0.483 e. The Labute approximate surface area is 105 Å². The molecule has 0 radical (unpaired) electrons. The fourth-order valence-electron chi connectivity index (χ4n) is 2.28. The van der Waals surface area contributed by atoms with Gasteiger partial charge < -0.3 is 9.30 Å². The quantitative estimate of drug-likeness (QED) is 0.771. The van der Waals surface area contributed by atoms with Gasteiger partial charge in [-0.05, 0) is 19.1 Å². The molecule has 2 heterocycles. The predicted molar refractivity (Wildman–Crippen MR) is 66.7 cm³/mol. The van der Waals surface area contributed by atoms with Crippen molar-refractivity contribution in [3.8, 4) is 5.75 Å². The van der Waals surface area contributed by atoms with Crippen LogP contribution in [0.3, 0.4) is 0 Å². The van der Waals surface area contributed by atoms with E-state index in [1.54, 1.807) is 12.5 Å². The van der Waals surface area contributed by atoms with Crippen molar-refractivity contribution < 1.29 is 9.53 Å². The number of fused-ring (bicyclic) bond motifs is 1. The molecule has 1 unspecified atom stereocenters. The second-order valence-electron chi connectivity index (χ2n) is 4.66. The molecule has 92 valence electrons. The zero-order chi connectivity index (χ0) is 12.7. The van der Waals surface area contributed by atoms with Gasteiger partial charge in [0, 0.05) is 7.05 Å². The summed E-state index contributed by atoms with van der Waals surface area (Å²) >= 11 is 0. The molecule has 1 aliphatic heterocycles. The monoisotopic (exact) mass is 242 g/mol. The molecule has 0 spiro atoms. The third-order valence-electron chi connectivity index (χ3n) is 3.26. The average Bonchev–Trinajstić information content (AvgIpc) is 2.76. The SMILES string of the molecule is Cc1ccc2c(c1)C(=O)CC(c1cncn1C)O2. The maximum absolute atomic E-state index is 12.1. The third-order valence-corrected chi connectivity index (χ3v) is 3.26. The zero-order valence-corrected chi connectivity index (χ0v) is 10.4. The van der Waals surface area contributed by atoms with Gasteiger partial charge in [0.1, 0.15) is 11.9 Å². The number of aromatic nitrogens is 2. The minimum Gasteiger partial charge on any atom is -0.483 e. The number of ketones is 1. The molecule has 4 heteroatoms. The van der Waals surface area contributed by atoms with Gasteiger partial charge in [0.25, 0.3) is 0 Å². The molecule has 1 aromatic carbocycles. The molecular formula is C14H14N2O2. The summed E-state index contributed by atoms with van der Waals surface area (Å²) in [7, 11) is 1.90. The van der Waals surface area contributed by atoms with Crippen molar-refractivity contribution in [2.45, 2.75) is 19.4 Å². The Kier molecular flexibility index (Phi) is 2.44. The number of ether oxygens (including phenoxy) is 1. The van der Waals surface area contributed by atoms with Crippen molar-refractivity contribution >= 4 is 5.78 Å². The molecule has 0 saturated heterocycles. The molecule has 1 aromatic heterocycles. The van der Waals surface area contributed by atoms with Crippen LogP contribution in [0.4, 0.5) is 0 Å². The highest BCUT2D eigenvalue weighted by molar-refractivity contribution is 6.00. The topological polar surface area (TPSA) is 44.1 Å². The maximum Gasteiger partial charge on any atom is 0.170 e. The van der Waals surface area contributed by atoms with E-state index < -0.39 is 0 Å². The molecule has 0 bridgehead atoms. The number of carbonyl (C=O) groups is 1. The van der Waals surface area contributed by atoms with Crippen LogP contribution in [0.2, 0.25) is 0 Å². The minimum absolute atomic E-state index is 0.131. The molecular weight excluding hydrogens is 228 g/mol. The van der Waals surface area contributed by atoms with Crippen LogP contribution < -0.4 is 4.74 Å². The number of imidazole rings is 1. The van der Waals surface area contributed by atoms with Crippen LogP contribution in [0.5, 0.6) is 5.75 Å². The lowest BCUT2D eigenvalue weighted by Gasteiger charge is -2.25. The number of aryl methyl sites for hydroxylation is 2. The van der Waals surface area contributed by atoms with E-state index in [-0.39, 0.29) is 11.9 Å². The van der Waals surface area contributed by atoms with Crippen LogP contribution in [0, 0.1) is 6.92 Å². The molecule has 0 saturated carbocycles. The summed E-state index contributed by atoms with van der Waals surface area (Å²) in [6.45, 7) is 1.97. The van der Waals surface area contributed by atoms with Crippen LogP contribution in [-0.2, 0) is 7.05 Å². The fraction of sp³-hybridized carbons (Fsp3) is 0.286. The number of carbonyl (C=O) groups excluding carboxylic acids is 1. The molecule has 4 nitrogen and oxygen atoms in total. The lowest BCUT2D eigenvalue weighted by molar-refractivity contribution is 0.0841. The number of Topliss-reactive ketones (excluding diaryl/α,β-unsaturated/α-hetero) is 1. The molecule has 0 amide bonds. The van der Waals surface area contributed by atoms with Gasteiger partial charge >= 0.3 is 0 Å². The second-order valence-corrected chi connectivity index (χ2v) is 4.66. The summed E-state index contributed by atoms with van der Waals surface area (Å²) in [4.78, 5) is 16.2. The van der Waals surface area contributed by atoms with E-state index in [0.717, 1.165) is 11.3 Å². The Morgan fingerprint density at radius 2 is 2.28 bits per heavy atom. The predicted octanol–water partition coefficient (Wildman–Crippen LogP) is 2.44. The van der Waals surface area contributed by atoms with Crippen LogP contribution in [0.15, 0.2) is 30.7 Å². The first-order valence-electron chi connectivity index (χ1n) is 5.92. The van der Waals surface area contributed by atoms with Gasteiger partial charge in [0.15, 0.2) is 5.78 Å². The van der Waals surface area contributed by atoms with Crippen molar-refractivity contribution in [2.24, 2.45) is 7.05 Å². The first kappa shape index (κ1) is 11.0. The summed E-state index contributed by atoms with van der Waals surface area (Å²) in [5, 5.41) is 0. The molecule has 18 heavy (non-hydrogen) atoms. The lowest BCUT2D eigenvalue weighted by Crippen LogP contribution is -2.22. The Morgan fingerprint density at radius 3 is 3.00 bits per heavy atom. The Hall–Kier alpha value is -2.10. The van der Waals surface area contributed by atoms with Gasteiger partial charge in [-0.25, -0.2) is 4.98 Å². The molecule has 1 aliphatic rings. The summed E-state index contributed by atoms with van der Waals surface area (Å²) in [6, 6.07) is 5.71. The zero-order valence-electron chi connectivity index (χ0n) is 10.4. The smallest absolute Gasteiger partial charge is 0.170 e. The maximum atomic E-state index is 12.1. The fourth-order valence-corrected chi connectivity index (χ4v) is 2.28. The van der Waals surface area contributed by atoms with Crippen molar-refractivity contribution in [3.63, 3.8) is 0 Å². The molecule has 1 atom stereocenters. The Bertz CT molecular complexity index is 616. The van der Waals surface area contributed by atoms with Crippen molar-refractivity contribution in [1.82, 2.24) is 9.55 Å². The summed E-state index contributed by atoms with van der Waals surface area (Å²) in [5.74, 6) is 0.800. The van der Waals surface area contributed by atoms with E-state index in [0.29, 0.717) is 17.7 Å². The molecule has 3 rings (SSSR count).